The van der Waals surface area contributed by atoms with Gasteiger partial charge in [0, 0.05) is 31.1 Å². The summed E-state index contributed by atoms with van der Waals surface area (Å²) in [5.41, 5.74) is 0. The monoisotopic (exact) mass is 274 g/mol. The second-order valence-electron chi connectivity index (χ2n) is 6.24. The minimum atomic E-state index is 0. The molecule has 0 saturated carbocycles. The van der Waals surface area contributed by atoms with E-state index in [4.69, 9.17) is 0 Å². The zero-order valence-corrected chi connectivity index (χ0v) is 12.8. The third kappa shape index (κ3) is 3.18. The van der Waals surface area contributed by atoms with Gasteiger partial charge in [-0.2, -0.15) is 0 Å². The van der Waals surface area contributed by atoms with Crippen LogP contribution in [0.25, 0.3) is 0 Å². The van der Waals surface area contributed by atoms with Crippen LogP contribution in [0, 0.1) is 11.8 Å². The molecule has 0 aliphatic carbocycles. The van der Waals surface area contributed by atoms with Crippen molar-refractivity contribution in [1.29, 1.82) is 0 Å². The third-order valence-corrected chi connectivity index (χ3v) is 4.73. The second kappa shape index (κ2) is 6.25. The lowest BCUT2D eigenvalue weighted by Gasteiger charge is -2.37. The molecule has 0 aromatic carbocycles. The van der Waals surface area contributed by atoms with Crippen LogP contribution in [0.1, 0.15) is 46.5 Å². The average Bonchev–Trinajstić information content (AvgIpc) is 2.65. The quantitative estimate of drug-likeness (QED) is 0.857. The average molecular weight is 275 g/mol. The van der Waals surface area contributed by atoms with Gasteiger partial charge in [-0.05, 0) is 31.6 Å². The first-order valence-corrected chi connectivity index (χ1v) is 7.01. The Morgan fingerprint density at radius 1 is 1.17 bits per heavy atom. The molecule has 2 bridgehead atoms. The lowest BCUT2D eigenvalue weighted by Crippen LogP contribution is -2.50. The molecule has 3 unspecified atom stereocenters. The van der Waals surface area contributed by atoms with Crippen LogP contribution in [0.15, 0.2) is 0 Å². The number of amides is 1. The molecule has 18 heavy (non-hydrogen) atoms. The molecule has 2 fully saturated rings. The maximum absolute atomic E-state index is 12.3. The van der Waals surface area contributed by atoms with Gasteiger partial charge >= 0.3 is 0 Å². The molecule has 1 N–H and O–H groups in total. The van der Waals surface area contributed by atoms with Crippen molar-refractivity contribution in [3.05, 3.63) is 0 Å². The van der Waals surface area contributed by atoms with Crippen molar-refractivity contribution in [1.82, 2.24) is 10.2 Å². The lowest BCUT2D eigenvalue weighted by molar-refractivity contribution is -0.137. The van der Waals surface area contributed by atoms with Crippen LogP contribution in [0.2, 0.25) is 0 Å². The zero-order chi connectivity index (χ0) is 12.6. The van der Waals surface area contributed by atoms with E-state index < -0.39 is 0 Å². The van der Waals surface area contributed by atoms with Gasteiger partial charge in [0.05, 0.1) is 0 Å². The number of fused-ring (bicyclic) bond motifs is 2. The zero-order valence-electron chi connectivity index (χ0n) is 12.0. The van der Waals surface area contributed by atoms with Crippen molar-refractivity contribution in [2.45, 2.75) is 64.6 Å². The minimum absolute atomic E-state index is 0. The van der Waals surface area contributed by atoms with Gasteiger partial charge in [-0.15, -0.1) is 12.4 Å². The van der Waals surface area contributed by atoms with Crippen LogP contribution in [0.3, 0.4) is 0 Å². The Hall–Kier alpha value is -0.280. The van der Waals surface area contributed by atoms with E-state index in [1.807, 2.05) is 11.9 Å². The molecule has 2 aliphatic rings. The number of rotatable bonds is 3. The standard InChI is InChI=1S/C14H26N2O.ClH/c1-9(2)10(3)14(17)16(4)13-7-11-5-6-12(8-13)15-11;/h9-13,15H,5-8H2,1-4H3;1H. The number of hydrogen-bond donors (Lipinski definition) is 1. The molecule has 2 saturated heterocycles. The van der Waals surface area contributed by atoms with E-state index in [0.717, 1.165) is 12.8 Å². The van der Waals surface area contributed by atoms with Gasteiger partial charge in [-0.3, -0.25) is 4.79 Å². The van der Waals surface area contributed by atoms with Crippen molar-refractivity contribution in [2.24, 2.45) is 11.8 Å². The van der Waals surface area contributed by atoms with E-state index >= 15 is 0 Å². The number of hydrogen-bond acceptors (Lipinski definition) is 2. The Labute approximate surface area is 117 Å². The van der Waals surface area contributed by atoms with Gasteiger partial charge in [0.1, 0.15) is 0 Å². The van der Waals surface area contributed by atoms with E-state index in [9.17, 15) is 4.79 Å². The smallest absolute Gasteiger partial charge is 0.225 e. The number of nitrogens with zero attached hydrogens (tertiary/aromatic N) is 1. The van der Waals surface area contributed by atoms with E-state index in [0.29, 0.717) is 30.0 Å². The molecule has 3 nitrogen and oxygen atoms in total. The summed E-state index contributed by atoms with van der Waals surface area (Å²) in [6.07, 6.45) is 4.87. The Balaban J connectivity index is 0.00000162. The van der Waals surface area contributed by atoms with E-state index in [1.54, 1.807) is 0 Å². The van der Waals surface area contributed by atoms with Crippen molar-refractivity contribution in [2.75, 3.05) is 7.05 Å². The third-order valence-electron chi connectivity index (χ3n) is 4.73. The summed E-state index contributed by atoms with van der Waals surface area (Å²) in [6.45, 7) is 6.31. The number of carbonyl (C=O) groups excluding carboxylic acids is 1. The maximum Gasteiger partial charge on any atom is 0.225 e. The molecular formula is C14H27ClN2O. The molecule has 0 aromatic heterocycles. The molecule has 0 spiro atoms. The largest absolute Gasteiger partial charge is 0.342 e. The summed E-state index contributed by atoms with van der Waals surface area (Å²) < 4.78 is 0. The Morgan fingerprint density at radius 3 is 2.11 bits per heavy atom. The maximum atomic E-state index is 12.3. The highest BCUT2D eigenvalue weighted by Crippen LogP contribution is 2.30. The molecular weight excluding hydrogens is 248 g/mol. The lowest BCUT2D eigenvalue weighted by atomic mass is 9.93. The number of carbonyl (C=O) groups is 1. The van der Waals surface area contributed by atoms with Crippen molar-refractivity contribution >= 4 is 18.3 Å². The van der Waals surface area contributed by atoms with E-state index in [1.165, 1.54) is 12.8 Å². The van der Waals surface area contributed by atoms with Gasteiger partial charge in [0.2, 0.25) is 5.91 Å². The molecule has 106 valence electrons. The van der Waals surface area contributed by atoms with E-state index in [-0.39, 0.29) is 18.3 Å². The van der Waals surface area contributed by atoms with Gasteiger partial charge in [-0.25, -0.2) is 0 Å². The van der Waals surface area contributed by atoms with Crippen LogP contribution in [-0.2, 0) is 4.79 Å². The first-order valence-electron chi connectivity index (χ1n) is 7.01. The molecule has 2 rings (SSSR count). The molecule has 3 atom stereocenters. The van der Waals surface area contributed by atoms with Crippen molar-refractivity contribution in [3.63, 3.8) is 0 Å². The second-order valence-corrected chi connectivity index (χ2v) is 6.24. The fraction of sp³-hybridized carbons (Fsp3) is 0.929. The molecule has 1 amide bonds. The fourth-order valence-electron chi connectivity index (χ4n) is 3.13. The predicted molar refractivity (Wildman–Crippen MR) is 77.0 cm³/mol. The van der Waals surface area contributed by atoms with Crippen molar-refractivity contribution in [3.8, 4) is 0 Å². The fourth-order valence-corrected chi connectivity index (χ4v) is 3.13. The van der Waals surface area contributed by atoms with Crippen LogP contribution >= 0.6 is 12.4 Å². The van der Waals surface area contributed by atoms with Crippen LogP contribution in [0.5, 0.6) is 0 Å². The van der Waals surface area contributed by atoms with Crippen molar-refractivity contribution < 1.29 is 4.79 Å². The van der Waals surface area contributed by atoms with Crippen LogP contribution < -0.4 is 5.32 Å². The van der Waals surface area contributed by atoms with Gasteiger partial charge in [0.25, 0.3) is 0 Å². The minimum Gasteiger partial charge on any atom is -0.342 e. The predicted octanol–water partition coefficient (Wildman–Crippen LogP) is 2.44. The summed E-state index contributed by atoms with van der Waals surface area (Å²) in [5.74, 6) is 0.905. The Bertz CT molecular complexity index is 284. The van der Waals surface area contributed by atoms with E-state index in [2.05, 4.69) is 26.1 Å². The highest BCUT2D eigenvalue weighted by Gasteiger charge is 2.37. The molecule has 4 heteroatoms. The Morgan fingerprint density at radius 2 is 1.67 bits per heavy atom. The van der Waals surface area contributed by atoms with Gasteiger partial charge in [-0.1, -0.05) is 20.8 Å². The topological polar surface area (TPSA) is 32.3 Å². The summed E-state index contributed by atoms with van der Waals surface area (Å²) in [4.78, 5) is 14.3. The summed E-state index contributed by atoms with van der Waals surface area (Å²) >= 11 is 0. The number of halogens is 1. The molecule has 2 heterocycles. The summed E-state index contributed by atoms with van der Waals surface area (Å²) in [5, 5.41) is 3.63. The summed E-state index contributed by atoms with van der Waals surface area (Å²) in [7, 11) is 2.00. The molecule has 0 radical (unpaired) electrons. The Kier molecular flexibility index (Phi) is 5.47. The molecule has 2 aliphatic heterocycles. The first-order chi connectivity index (χ1) is 7.99. The number of piperidine rings is 1. The number of nitrogens with one attached hydrogen (secondary N) is 1. The van der Waals surface area contributed by atoms with Gasteiger partial charge < -0.3 is 10.2 Å². The molecule has 0 aromatic rings. The SMILES string of the molecule is CC(C)C(C)C(=O)N(C)C1CC2CCC(C1)N2.Cl. The highest BCUT2D eigenvalue weighted by atomic mass is 35.5. The van der Waals surface area contributed by atoms with Gasteiger partial charge in [0.15, 0.2) is 0 Å². The first kappa shape index (κ1) is 15.8. The van der Waals surface area contributed by atoms with Crippen LogP contribution in [0.4, 0.5) is 0 Å². The highest BCUT2D eigenvalue weighted by molar-refractivity contribution is 5.85. The van der Waals surface area contributed by atoms with Crippen LogP contribution in [-0.4, -0.2) is 36.0 Å². The normalized spacial score (nSPS) is 31.9. The summed E-state index contributed by atoms with van der Waals surface area (Å²) in [6, 6.07) is 1.77.